The largest absolute Gasteiger partial charge is 0.396 e. The maximum atomic E-state index is 9.00. The normalized spacial score (nSPS) is 15.0. The molecule has 0 aromatic heterocycles. The molecule has 16 heavy (non-hydrogen) atoms. The Morgan fingerprint density at radius 3 is 2.19 bits per heavy atom. The molecule has 98 valence electrons. The van der Waals surface area contributed by atoms with Crippen LogP contribution >= 0.6 is 0 Å². The summed E-state index contributed by atoms with van der Waals surface area (Å²) in [5.41, 5.74) is 0. The maximum Gasteiger partial charge on any atom is 0.0584 e. The van der Waals surface area contributed by atoms with Crippen LogP contribution in [0.1, 0.15) is 33.1 Å². The molecule has 0 unspecified atom stereocenters. The van der Waals surface area contributed by atoms with Crippen LogP contribution in [0.4, 0.5) is 0 Å². The van der Waals surface area contributed by atoms with Crippen LogP contribution in [0.25, 0.3) is 0 Å². The zero-order chi connectivity index (χ0) is 12.2. The molecule has 0 spiro atoms. The number of nitrogens with one attached hydrogen (secondary N) is 2. The Morgan fingerprint density at radius 1 is 0.938 bits per heavy atom. The minimum Gasteiger partial charge on any atom is -0.396 e. The lowest BCUT2D eigenvalue weighted by molar-refractivity contribution is 0.213. The van der Waals surface area contributed by atoms with Crippen molar-refractivity contribution in [3.05, 3.63) is 0 Å². The van der Waals surface area contributed by atoms with E-state index in [1.807, 2.05) is 0 Å². The second-order valence-electron chi connectivity index (χ2n) is 4.24. The van der Waals surface area contributed by atoms with Crippen LogP contribution in [-0.2, 0) is 0 Å². The molecule has 4 N–H and O–H groups in total. The van der Waals surface area contributed by atoms with E-state index in [0.29, 0.717) is 12.5 Å². The fourth-order valence-corrected chi connectivity index (χ4v) is 1.56. The van der Waals surface area contributed by atoms with Crippen LogP contribution in [-0.4, -0.2) is 49.1 Å². The number of rotatable bonds is 11. The van der Waals surface area contributed by atoms with E-state index in [4.69, 9.17) is 10.2 Å². The molecule has 0 bridgehead atoms. The van der Waals surface area contributed by atoms with Crippen molar-refractivity contribution in [1.29, 1.82) is 0 Å². The molecule has 0 aromatic rings. The molecular formula is C12H28N2O2. The molecule has 2 atom stereocenters. The van der Waals surface area contributed by atoms with Gasteiger partial charge in [-0.25, -0.2) is 0 Å². The van der Waals surface area contributed by atoms with Crippen LogP contribution in [0, 0.1) is 5.92 Å². The predicted molar refractivity (Wildman–Crippen MR) is 67.5 cm³/mol. The van der Waals surface area contributed by atoms with E-state index in [9.17, 15) is 0 Å². The molecule has 0 aliphatic heterocycles. The summed E-state index contributed by atoms with van der Waals surface area (Å²) in [4.78, 5) is 0. The Balaban J connectivity index is 3.26. The third kappa shape index (κ3) is 8.05. The summed E-state index contributed by atoms with van der Waals surface area (Å²) in [5.74, 6) is 0.432. The quantitative estimate of drug-likeness (QED) is 0.388. The van der Waals surface area contributed by atoms with E-state index in [2.05, 4.69) is 24.5 Å². The fraction of sp³-hybridized carbons (Fsp3) is 1.00. The van der Waals surface area contributed by atoms with Crippen molar-refractivity contribution in [1.82, 2.24) is 10.6 Å². The first-order chi connectivity index (χ1) is 7.78. The molecule has 4 nitrogen and oxygen atoms in total. The molecule has 0 heterocycles. The average Bonchev–Trinajstić information content (AvgIpc) is 2.33. The van der Waals surface area contributed by atoms with Gasteiger partial charge in [-0.15, -0.1) is 0 Å². The van der Waals surface area contributed by atoms with Gasteiger partial charge in [0.05, 0.1) is 6.61 Å². The van der Waals surface area contributed by atoms with Crippen LogP contribution in [0.3, 0.4) is 0 Å². The number of hydrogen-bond donors (Lipinski definition) is 4. The minimum absolute atomic E-state index is 0.207. The van der Waals surface area contributed by atoms with E-state index in [1.54, 1.807) is 0 Å². The van der Waals surface area contributed by atoms with Crippen molar-refractivity contribution in [3.63, 3.8) is 0 Å². The van der Waals surface area contributed by atoms with Gasteiger partial charge in [0.25, 0.3) is 0 Å². The number of hydrogen-bond acceptors (Lipinski definition) is 4. The molecule has 0 aliphatic rings. The van der Waals surface area contributed by atoms with Gasteiger partial charge in [-0.3, -0.25) is 0 Å². The van der Waals surface area contributed by atoms with Gasteiger partial charge in [0, 0.05) is 25.7 Å². The molecule has 0 radical (unpaired) electrons. The van der Waals surface area contributed by atoms with Gasteiger partial charge in [-0.05, 0) is 25.3 Å². The van der Waals surface area contributed by atoms with Crippen molar-refractivity contribution >= 4 is 0 Å². The summed E-state index contributed by atoms with van der Waals surface area (Å²) in [7, 11) is 0. The molecule has 0 saturated heterocycles. The van der Waals surface area contributed by atoms with Gasteiger partial charge in [0.2, 0.25) is 0 Å². The van der Waals surface area contributed by atoms with E-state index < -0.39 is 0 Å². The van der Waals surface area contributed by atoms with Crippen LogP contribution in [0.2, 0.25) is 0 Å². The third-order valence-corrected chi connectivity index (χ3v) is 3.01. The molecule has 0 amide bonds. The first-order valence-corrected chi connectivity index (χ1v) is 6.44. The summed E-state index contributed by atoms with van der Waals surface area (Å²) < 4.78 is 0. The smallest absolute Gasteiger partial charge is 0.0584 e. The molecule has 4 heteroatoms. The summed E-state index contributed by atoms with van der Waals surface area (Å²) in [6, 6.07) is 0.225. The third-order valence-electron chi connectivity index (χ3n) is 3.01. The highest BCUT2D eigenvalue weighted by atomic mass is 16.3. The van der Waals surface area contributed by atoms with E-state index in [0.717, 1.165) is 38.9 Å². The lowest BCUT2D eigenvalue weighted by atomic mass is 10.0. The van der Waals surface area contributed by atoms with Gasteiger partial charge in [0.1, 0.15) is 0 Å². The number of aliphatic hydroxyl groups is 2. The molecule has 0 aromatic carbocycles. The van der Waals surface area contributed by atoms with Crippen LogP contribution < -0.4 is 10.6 Å². The SMILES string of the molecule is CC[C@@H](CO)CCNCCN[C@@H](CC)CO. The molecule has 0 rings (SSSR count). The van der Waals surface area contributed by atoms with E-state index >= 15 is 0 Å². The van der Waals surface area contributed by atoms with Crippen molar-refractivity contribution in [2.75, 3.05) is 32.8 Å². The number of aliphatic hydroxyl groups excluding tert-OH is 2. The van der Waals surface area contributed by atoms with E-state index in [1.165, 1.54) is 0 Å². The van der Waals surface area contributed by atoms with Crippen molar-refractivity contribution in [2.45, 2.75) is 39.2 Å². The molecule has 0 fully saturated rings. The second kappa shape index (κ2) is 11.3. The van der Waals surface area contributed by atoms with Crippen LogP contribution in [0.5, 0.6) is 0 Å². The van der Waals surface area contributed by atoms with Gasteiger partial charge < -0.3 is 20.8 Å². The minimum atomic E-state index is 0.207. The predicted octanol–water partition coefficient (Wildman–Crippen LogP) is 0.345. The fourth-order valence-electron chi connectivity index (χ4n) is 1.56. The summed E-state index contributed by atoms with van der Waals surface area (Å²) in [6.45, 7) is 7.42. The Labute approximate surface area is 99.4 Å². The Kier molecular flexibility index (Phi) is 11.2. The zero-order valence-electron chi connectivity index (χ0n) is 10.7. The van der Waals surface area contributed by atoms with Gasteiger partial charge >= 0.3 is 0 Å². The van der Waals surface area contributed by atoms with Crippen LogP contribution in [0.15, 0.2) is 0 Å². The van der Waals surface area contributed by atoms with Crippen molar-refractivity contribution in [2.24, 2.45) is 5.92 Å². The Morgan fingerprint density at radius 2 is 1.69 bits per heavy atom. The topological polar surface area (TPSA) is 64.5 Å². The first-order valence-electron chi connectivity index (χ1n) is 6.44. The highest BCUT2D eigenvalue weighted by molar-refractivity contribution is 4.64. The van der Waals surface area contributed by atoms with Gasteiger partial charge in [-0.1, -0.05) is 20.3 Å². The first kappa shape index (κ1) is 15.8. The van der Waals surface area contributed by atoms with Crippen molar-refractivity contribution < 1.29 is 10.2 Å². The molecule has 0 aliphatic carbocycles. The van der Waals surface area contributed by atoms with E-state index in [-0.39, 0.29) is 12.6 Å². The standard InChI is InChI=1S/C12H28N2O2/c1-3-11(9-15)5-6-13-7-8-14-12(4-2)10-16/h11-16H,3-10H2,1-2H3/t11-,12+/m1/s1. The Hall–Kier alpha value is -0.160. The molecular weight excluding hydrogens is 204 g/mol. The highest BCUT2D eigenvalue weighted by Crippen LogP contribution is 2.04. The van der Waals surface area contributed by atoms with Gasteiger partial charge in [0.15, 0.2) is 0 Å². The summed E-state index contributed by atoms with van der Waals surface area (Å²) >= 11 is 0. The van der Waals surface area contributed by atoms with Crippen molar-refractivity contribution in [3.8, 4) is 0 Å². The molecule has 0 saturated carbocycles. The summed E-state index contributed by atoms with van der Waals surface area (Å²) in [6.07, 6.45) is 3.03. The highest BCUT2D eigenvalue weighted by Gasteiger charge is 2.04. The monoisotopic (exact) mass is 232 g/mol. The zero-order valence-corrected chi connectivity index (χ0v) is 10.7. The lowest BCUT2D eigenvalue weighted by Gasteiger charge is -2.15. The Bertz CT molecular complexity index is 121. The summed E-state index contributed by atoms with van der Waals surface area (Å²) in [5, 5.41) is 24.6. The maximum absolute atomic E-state index is 9.00. The average molecular weight is 232 g/mol. The van der Waals surface area contributed by atoms with Gasteiger partial charge in [-0.2, -0.15) is 0 Å². The lowest BCUT2D eigenvalue weighted by Crippen LogP contribution is -2.37. The second-order valence-corrected chi connectivity index (χ2v) is 4.24.